The number of nitro groups is 1. The summed E-state index contributed by atoms with van der Waals surface area (Å²) in [5, 5.41) is 20.3. The van der Waals surface area contributed by atoms with E-state index in [1.807, 2.05) is 0 Å². The molecule has 0 amide bonds. The Morgan fingerprint density at radius 3 is 2.19 bits per heavy atom. The third-order valence-corrected chi connectivity index (χ3v) is 4.68. The molecule has 0 aliphatic heterocycles. The topological polar surface area (TPSA) is 101 Å². The van der Waals surface area contributed by atoms with Gasteiger partial charge in [-0.05, 0) is 19.4 Å². The molecule has 1 N–H and O–H groups in total. The maximum absolute atomic E-state index is 12.3. The zero-order valence-corrected chi connectivity index (χ0v) is 13.1. The van der Waals surface area contributed by atoms with Crippen LogP contribution in [0.15, 0.2) is 24.3 Å². The molecule has 0 unspecified atom stereocenters. The van der Waals surface area contributed by atoms with Crippen molar-refractivity contribution in [3.05, 3.63) is 39.9 Å². The largest absolute Gasteiger partial charge is 0.389 e. The predicted octanol–water partition coefficient (Wildman–Crippen LogP) is 1.52. The van der Waals surface area contributed by atoms with Crippen molar-refractivity contribution in [3.63, 3.8) is 0 Å². The number of non-ortho nitro benzene ring substituents is 1. The highest BCUT2D eigenvalue weighted by atomic mass is 32.2. The fourth-order valence-corrected chi connectivity index (χ4v) is 3.56. The smallest absolute Gasteiger partial charge is 0.269 e. The number of aliphatic hydroxyl groups is 1. The molecular weight excluding hydrogens is 296 g/mol. The molecule has 21 heavy (non-hydrogen) atoms. The van der Waals surface area contributed by atoms with Gasteiger partial charge in [0.05, 0.1) is 16.3 Å². The van der Waals surface area contributed by atoms with E-state index >= 15 is 0 Å². The SMILES string of the molecule is CCN(CC(C)(C)O)S(=O)(=O)Cc1ccc([N+](=O)[O-])cc1. The Morgan fingerprint density at radius 1 is 1.29 bits per heavy atom. The number of likely N-dealkylation sites (N-methyl/N-ethyl adjacent to an activating group) is 1. The van der Waals surface area contributed by atoms with Gasteiger partial charge in [-0.25, -0.2) is 8.42 Å². The number of hydrogen-bond donors (Lipinski definition) is 1. The fourth-order valence-electron chi connectivity index (χ4n) is 1.85. The van der Waals surface area contributed by atoms with Crippen molar-refractivity contribution in [2.24, 2.45) is 0 Å². The Labute approximate surface area is 124 Å². The molecule has 1 aromatic carbocycles. The number of nitro benzene ring substituents is 1. The average molecular weight is 316 g/mol. The maximum Gasteiger partial charge on any atom is 0.269 e. The van der Waals surface area contributed by atoms with Crippen LogP contribution in [0.25, 0.3) is 0 Å². The normalized spacial score (nSPS) is 12.6. The van der Waals surface area contributed by atoms with Crippen molar-refractivity contribution in [2.75, 3.05) is 13.1 Å². The molecule has 1 aromatic rings. The maximum atomic E-state index is 12.3. The van der Waals surface area contributed by atoms with Crippen LogP contribution in [-0.2, 0) is 15.8 Å². The van der Waals surface area contributed by atoms with Gasteiger partial charge in [-0.3, -0.25) is 10.1 Å². The summed E-state index contributed by atoms with van der Waals surface area (Å²) in [6, 6.07) is 5.40. The van der Waals surface area contributed by atoms with Gasteiger partial charge in [0.15, 0.2) is 0 Å². The molecule has 8 heteroatoms. The molecule has 7 nitrogen and oxygen atoms in total. The Morgan fingerprint density at radius 2 is 1.81 bits per heavy atom. The van der Waals surface area contributed by atoms with Crippen molar-refractivity contribution in [1.29, 1.82) is 0 Å². The number of hydrogen-bond acceptors (Lipinski definition) is 5. The van der Waals surface area contributed by atoms with Gasteiger partial charge in [-0.2, -0.15) is 4.31 Å². The second kappa shape index (κ2) is 6.50. The molecule has 0 saturated carbocycles. The van der Waals surface area contributed by atoms with Crippen molar-refractivity contribution >= 4 is 15.7 Å². The summed E-state index contributed by atoms with van der Waals surface area (Å²) in [5.41, 5.74) is -0.742. The predicted molar refractivity (Wildman–Crippen MR) is 79.3 cm³/mol. The lowest BCUT2D eigenvalue weighted by Crippen LogP contribution is -2.42. The first kappa shape index (κ1) is 17.5. The molecule has 0 bridgehead atoms. The van der Waals surface area contributed by atoms with Gasteiger partial charge in [0.25, 0.3) is 5.69 Å². The molecule has 1 rings (SSSR count). The minimum Gasteiger partial charge on any atom is -0.389 e. The first-order chi connectivity index (χ1) is 9.55. The Balaban J connectivity index is 2.90. The van der Waals surface area contributed by atoms with Crippen molar-refractivity contribution in [1.82, 2.24) is 4.31 Å². The highest BCUT2D eigenvalue weighted by Crippen LogP contribution is 2.17. The van der Waals surface area contributed by atoms with E-state index in [0.29, 0.717) is 5.56 Å². The standard InChI is InChI=1S/C13H20N2O5S/c1-4-14(10-13(2,3)16)21(19,20)9-11-5-7-12(8-6-11)15(17)18/h5-8,16H,4,9-10H2,1-3H3. The molecule has 0 saturated heterocycles. The van der Waals surface area contributed by atoms with Gasteiger partial charge in [-0.1, -0.05) is 19.1 Å². The molecule has 0 heterocycles. The van der Waals surface area contributed by atoms with Crippen LogP contribution in [0, 0.1) is 10.1 Å². The van der Waals surface area contributed by atoms with Crippen LogP contribution in [-0.4, -0.2) is 41.4 Å². The lowest BCUT2D eigenvalue weighted by molar-refractivity contribution is -0.384. The summed E-state index contributed by atoms with van der Waals surface area (Å²) >= 11 is 0. The molecule has 0 fully saturated rings. The molecule has 118 valence electrons. The third kappa shape index (κ3) is 5.41. The van der Waals surface area contributed by atoms with Crippen LogP contribution in [0.3, 0.4) is 0 Å². The van der Waals surface area contributed by atoms with Crippen molar-refractivity contribution in [2.45, 2.75) is 32.1 Å². The van der Waals surface area contributed by atoms with E-state index in [0.717, 1.165) is 0 Å². The van der Waals surface area contributed by atoms with Crippen molar-refractivity contribution in [3.8, 4) is 0 Å². The molecule has 0 aliphatic carbocycles. The van der Waals surface area contributed by atoms with Gasteiger partial charge in [-0.15, -0.1) is 0 Å². The van der Waals surface area contributed by atoms with Gasteiger partial charge < -0.3 is 5.11 Å². The van der Waals surface area contributed by atoms with E-state index in [1.54, 1.807) is 6.92 Å². The van der Waals surface area contributed by atoms with Gasteiger partial charge in [0, 0.05) is 25.2 Å². The number of sulfonamides is 1. The van der Waals surface area contributed by atoms with E-state index in [2.05, 4.69) is 0 Å². The summed E-state index contributed by atoms with van der Waals surface area (Å²) < 4.78 is 25.8. The summed E-state index contributed by atoms with van der Waals surface area (Å²) in [5.74, 6) is -0.255. The van der Waals surface area contributed by atoms with Crippen molar-refractivity contribution < 1.29 is 18.4 Å². The van der Waals surface area contributed by atoms with Gasteiger partial charge in [0.2, 0.25) is 10.0 Å². The molecular formula is C13H20N2O5S. The number of nitrogens with zero attached hydrogens (tertiary/aromatic N) is 2. The molecule has 0 atom stereocenters. The van der Waals surface area contributed by atoms with Crippen LogP contribution >= 0.6 is 0 Å². The van der Waals surface area contributed by atoms with E-state index in [1.165, 1.54) is 42.4 Å². The van der Waals surface area contributed by atoms with E-state index in [9.17, 15) is 23.6 Å². The van der Waals surface area contributed by atoms with E-state index in [4.69, 9.17) is 0 Å². The van der Waals surface area contributed by atoms with Crippen LogP contribution in [0.1, 0.15) is 26.3 Å². The van der Waals surface area contributed by atoms with Crippen LogP contribution in [0.4, 0.5) is 5.69 Å². The molecule has 0 spiro atoms. The average Bonchev–Trinajstić information content (AvgIpc) is 2.34. The lowest BCUT2D eigenvalue weighted by Gasteiger charge is -2.27. The Bertz CT molecular complexity index is 590. The minimum absolute atomic E-state index is 0.00118. The number of benzene rings is 1. The summed E-state index contributed by atoms with van der Waals surface area (Å²) in [7, 11) is -3.59. The van der Waals surface area contributed by atoms with Crippen LogP contribution in [0.5, 0.6) is 0 Å². The van der Waals surface area contributed by atoms with E-state index in [-0.39, 0.29) is 24.5 Å². The fraction of sp³-hybridized carbons (Fsp3) is 0.538. The molecule has 0 radical (unpaired) electrons. The summed E-state index contributed by atoms with van der Waals surface area (Å²) in [6.45, 7) is 5.02. The second-order valence-electron chi connectivity index (χ2n) is 5.42. The molecule has 0 aromatic heterocycles. The van der Waals surface area contributed by atoms with Gasteiger partial charge >= 0.3 is 0 Å². The first-order valence-electron chi connectivity index (χ1n) is 6.48. The Kier molecular flexibility index (Phi) is 5.43. The zero-order valence-electron chi connectivity index (χ0n) is 12.3. The highest BCUT2D eigenvalue weighted by molar-refractivity contribution is 7.88. The second-order valence-corrected chi connectivity index (χ2v) is 7.39. The highest BCUT2D eigenvalue weighted by Gasteiger charge is 2.27. The minimum atomic E-state index is -3.59. The first-order valence-corrected chi connectivity index (χ1v) is 8.09. The summed E-state index contributed by atoms with van der Waals surface area (Å²) in [6.07, 6.45) is 0. The summed E-state index contributed by atoms with van der Waals surface area (Å²) in [4.78, 5) is 10.0. The zero-order chi connectivity index (χ0) is 16.3. The third-order valence-electron chi connectivity index (χ3n) is 2.81. The number of rotatable bonds is 7. The van der Waals surface area contributed by atoms with Crippen LogP contribution < -0.4 is 0 Å². The molecule has 0 aliphatic rings. The Hall–Kier alpha value is -1.51. The van der Waals surface area contributed by atoms with E-state index < -0.39 is 20.5 Å². The van der Waals surface area contributed by atoms with Crippen LogP contribution in [0.2, 0.25) is 0 Å². The quantitative estimate of drug-likeness (QED) is 0.607. The van der Waals surface area contributed by atoms with Gasteiger partial charge in [0.1, 0.15) is 0 Å². The lowest BCUT2D eigenvalue weighted by atomic mass is 10.1. The monoisotopic (exact) mass is 316 g/mol.